The summed E-state index contributed by atoms with van der Waals surface area (Å²) in [5.74, 6) is 2.36. The monoisotopic (exact) mass is 507 g/mol. The lowest BCUT2D eigenvalue weighted by Gasteiger charge is -2.27. The first-order valence-corrected chi connectivity index (χ1v) is 13.3. The van der Waals surface area contributed by atoms with Crippen molar-refractivity contribution in [1.82, 2.24) is 14.7 Å². The van der Waals surface area contributed by atoms with E-state index in [0.717, 1.165) is 73.8 Å². The van der Waals surface area contributed by atoms with Gasteiger partial charge in [-0.1, -0.05) is 23.8 Å². The predicted molar refractivity (Wildman–Crippen MR) is 146 cm³/mol. The minimum atomic E-state index is -0.812. The minimum absolute atomic E-state index is 0.323. The lowest BCUT2D eigenvalue weighted by molar-refractivity contribution is -0.0170. The summed E-state index contributed by atoms with van der Waals surface area (Å²) in [5.41, 5.74) is 3.84. The number of benzene rings is 2. The molecule has 1 aromatic heterocycles. The normalized spacial score (nSPS) is 18.4. The van der Waals surface area contributed by atoms with E-state index in [2.05, 4.69) is 35.1 Å². The van der Waals surface area contributed by atoms with E-state index in [-0.39, 0.29) is 0 Å². The van der Waals surface area contributed by atoms with Crippen LogP contribution in [0.4, 0.5) is 0 Å². The molecule has 1 aliphatic rings. The number of ether oxygens (including phenoxy) is 3. The highest BCUT2D eigenvalue weighted by Gasteiger charge is 2.31. The highest BCUT2D eigenvalue weighted by molar-refractivity contribution is 5.43. The average molecular weight is 508 g/mol. The van der Waals surface area contributed by atoms with Gasteiger partial charge in [-0.05, 0) is 81.5 Å². The van der Waals surface area contributed by atoms with Crippen LogP contribution >= 0.6 is 0 Å². The zero-order chi connectivity index (χ0) is 26.3. The van der Waals surface area contributed by atoms with Crippen LogP contribution in [0.15, 0.2) is 48.8 Å². The Labute approximate surface area is 221 Å². The Morgan fingerprint density at radius 2 is 1.78 bits per heavy atom. The second-order valence-electron chi connectivity index (χ2n) is 10.4. The first-order valence-electron chi connectivity index (χ1n) is 13.3. The number of methoxy groups -OCH3 is 1. The van der Waals surface area contributed by atoms with Gasteiger partial charge in [0.05, 0.1) is 25.5 Å². The van der Waals surface area contributed by atoms with Crippen LogP contribution in [-0.2, 0) is 13.1 Å². The zero-order valence-electron chi connectivity index (χ0n) is 22.7. The van der Waals surface area contributed by atoms with Crippen LogP contribution in [0.1, 0.15) is 47.9 Å². The highest BCUT2D eigenvalue weighted by Crippen LogP contribution is 2.30. The Bertz CT molecular complexity index is 1160. The molecule has 0 spiro atoms. The molecule has 200 valence electrons. The minimum Gasteiger partial charge on any atom is -0.493 e. The van der Waals surface area contributed by atoms with Crippen LogP contribution in [-0.4, -0.2) is 58.8 Å². The van der Waals surface area contributed by atoms with E-state index in [1.165, 1.54) is 11.1 Å². The van der Waals surface area contributed by atoms with Crippen LogP contribution in [0.2, 0.25) is 0 Å². The molecule has 0 amide bonds. The number of hydrogen-bond donors (Lipinski definition) is 1. The van der Waals surface area contributed by atoms with Crippen molar-refractivity contribution >= 4 is 0 Å². The van der Waals surface area contributed by atoms with Crippen LogP contribution < -0.4 is 14.2 Å². The maximum atomic E-state index is 11.3. The van der Waals surface area contributed by atoms with Crippen molar-refractivity contribution in [3.05, 3.63) is 71.0 Å². The standard InChI is InChI=1S/C30H41N3O4/c1-23-7-9-27(25(3)17-23)37-22-30(34)11-5-13-32(15-12-30)21-26-8-10-28(35-4)29(18-26)36-16-6-14-33-20-24(2)19-31-33/h7-10,17-20,34H,5-6,11-16,21-22H2,1-4H3/t30-/m0/s1. The van der Waals surface area contributed by atoms with E-state index in [1.807, 2.05) is 49.1 Å². The van der Waals surface area contributed by atoms with Gasteiger partial charge in [-0.25, -0.2) is 0 Å². The summed E-state index contributed by atoms with van der Waals surface area (Å²) in [6, 6.07) is 12.3. The number of aromatic nitrogens is 2. The van der Waals surface area contributed by atoms with E-state index in [0.29, 0.717) is 19.6 Å². The molecule has 7 heteroatoms. The highest BCUT2D eigenvalue weighted by atomic mass is 16.5. The fraction of sp³-hybridized carbons (Fsp3) is 0.500. The molecule has 0 unspecified atom stereocenters. The smallest absolute Gasteiger partial charge is 0.161 e. The van der Waals surface area contributed by atoms with Crippen LogP contribution in [0.25, 0.3) is 0 Å². The number of aliphatic hydroxyl groups is 1. The Morgan fingerprint density at radius 3 is 2.54 bits per heavy atom. The molecule has 0 bridgehead atoms. The van der Waals surface area contributed by atoms with Gasteiger partial charge in [-0.3, -0.25) is 9.58 Å². The Kier molecular flexibility index (Phi) is 9.11. The average Bonchev–Trinajstić information content (AvgIpc) is 3.20. The first-order chi connectivity index (χ1) is 17.8. The van der Waals surface area contributed by atoms with Crippen molar-refractivity contribution in [2.75, 3.05) is 33.4 Å². The molecule has 3 aromatic rings. The molecule has 1 aliphatic heterocycles. The summed E-state index contributed by atoms with van der Waals surface area (Å²) >= 11 is 0. The van der Waals surface area contributed by atoms with Gasteiger partial charge in [-0.2, -0.15) is 5.10 Å². The summed E-state index contributed by atoms with van der Waals surface area (Å²) in [6.07, 6.45) is 7.13. The van der Waals surface area contributed by atoms with E-state index in [9.17, 15) is 5.11 Å². The summed E-state index contributed by atoms with van der Waals surface area (Å²) in [5, 5.41) is 15.6. The molecule has 4 rings (SSSR count). The third-order valence-corrected chi connectivity index (χ3v) is 7.02. The molecule has 2 heterocycles. The summed E-state index contributed by atoms with van der Waals surface area (Å²) in [7, 11) is 1.67. The van der Waals surface area contributed by atoms with Gasteiger partial charge in [0.25, 0.3) is 0 Å². The number of hydrogen-bond acceptors (Lipinski definition) is 6. The SMILES string of the molecule is COc1ccc(CN2CCC[C@@](O)(COc3ccc(C)cc3C)CC2)cc1OCCCn1cc(C)cn1. The molecule has 1 N–H and O–H groups in total. The van der Waals surface area contributed by atoms with Crippen LogP contribution in [0, 0.1) is 20.8 Å². The van der Waals surface area contributed by atoms with Gasteiger partial charge in [0.1, 0.15) is 12.4 Å². The van der Waals surface area contributed by atoms with Gasteiger partial charge >= 0.3 is 0 Å². The van der Waals surface area contributed by atoms with E-state index < -0.39 is 5.60 Å². The maximum Gasteiger partial charge on any atom is 0.161 e. The molecule has 0 aliphatic carbocycles. The summed E-state index contributed by atoms with van der Waals surface area (Å²) in [6.45, 7) is 10.5. The molecule has 1 atom stereocenters. The zero-order valence-corrected chi connectivity index (χ0v) is 22.7. The Hall–Kier alpha value is -3.03. The second-order valence-corrected chi connectivity index (χ2v) is 10.4. The van der Waals surface area contributed by atoms with E-state index in [1.54, 1.807) is 7.11 Å². The first kappa shape index (κ1) is 27.0. The number of likely N-dealkylation sites (tertiary alicyclic amines) is 1. The molecule has 0 radical (unpaired) electrons. The summed E-state index contributed by atoms with van der Waals surface area (Å²) < 4.78 is 19.6. The quantitative estimate of drug-likeness (QED) is 0.365. The molecule has 1 saturated heterocycles. The van der Waals surface area contributed by atoms with Crippen molar-refractivity contribution < 1.29 is 19.3 Å². The molecular weight excluding hydrogens is 466 g/mol. The predicted octanol–water partition coefficient (Wildman–Crippen LogP) is 5.08. The van der Waals surface area contributed by atoms with Crippen molar-refractivity contribution in [3.63, 3.8) is 0 Å². The van der Waals surface area contributed by atoms with Crippen molar-refractivity contribution in [1.29, 1.82) is 0 Å². The Balaban J connectivity index is 1.29. The Morgan fingerprint density at radius 1 is 0.946 bits per heavy atom. The third-order valence-electron chi connectivity index (χ3n) is 7.02. The largest absolute Gasteiger partial charge is 0.493 e. The lowest BCUT2D eigenvalue weighted by atomic mass is 9.96. The van der Waals surface area contributed by atoms with Crippen LogP contribution in [0.3, 0.4) is 0 Å². The molecule has 0 saturated carbocycles. The number of nitrogens with zero attached hydrogens (tertiary/aromatic N) is 3. The molecule has 1 fully saturated rings. The van der Waals surface area contributed by atoms with Crippen molar-refractivity contribution in [3.8, 4) is 17.2 Å². The third kappa shape index (κ3) is 7.73. The second kappa shape index (κ2) is 12.5. The van der Waals surface area contributed by atoms with E-state index in [4.69, 9.17) is 14.2 Å². The van der Waals surface area contributed by atoms with Gasteiger partial charge in [0.2, 0.25) is 0 Å². The lowest BCUT2D eigenvalue weighted by Crippen LogP contribution is -2.37. The van der Waals surface area contributed by atoms with Crippen LogP contribution in [0.5, 0.6) is 17.2 Å². The van der Waals surface area contributed by atoms with Crippen molar-refractivity contribution in [2.24, 2.45) is 0 Å². The fourth-order valence-electron chi connectivity index (χ4n) is 4.90. The maximum absolute atomic E-state index is 11.3. The molecule has 2 aromatic carbocycles. The number of aryl methyl sites for hydroxylation is 4. The van der Waals surface area contributed by atoms with E-state index >= 15 is 0 Å². The molecule has 7 nitrogen and oxygen atoms in total. The molecular formula is C30H41N3O4. The van der Waals surface area contributed by atoms with Gasteiger partial charge < -0.3 is 19.3 Å². The molecule has 37 heavy (non-hydrogen) atoms. The van der Waals surface area contributed by atoms with Gasteiger partial charge in [0, 0.05) is 32.3 Å². The topological polar surface area (TPSA) is 69.0 Å². The van der Waals surface area contributed by atoms with Crippen molar-refractivity contribution in [2.45, 2.75) is 65.1 Å². The fourth-order valence-corrected chi connectivity index (χ4v) is 4.90. The van der Waals surface area contributed by atoms with Gasteiger partial charge in [-0.15, -0.1) is 0 Å². The van der Waals surface area contributed by atoms with Gasteiger partial charge in [0.15, 0.2) is 11.5 Å². The summed E-state index contributed by atoms with van der Waals surface area (Å²) in [4.78, 5) is 2.40. The number of rotatable bonds is 11.